The van der Waals surface area contributed by atoms with Gasteiger partial charge in [-0.15, -0.1) is 0 Å². The minimum atomic E-state index is -3.55. The predicted molar refractivity (Wildman–Crippen MR) is 124 cm³/mol. The Kier molecular flexibility index (Phi) is 6.36. The van der Waals surface area contributed by atoms with Crippen LogP contribution in [0.3, 0.4) is 0 Å². The number of thiazole rings is 1. The van der Waals surface area contributed by atoms with E-state index in [0.29, 0.717) is 31.7 Å². The van der Waals surface area contributed by atoms with Gasteiger partial charge in [0, 0.05) is 13.1 Å². The Morgan fingerprint density at radius 1 is 1.16 bits per heavy atom. The molecule has 0 atom stereocenters. The molecule has 0 bridgehead atoms. The number of hydrogen-bond acceptors (Lipinski definition) is 8. The van der Waals surface area contributed by atoms with Crippen molar-refractivity contribution in [1.29, 1.82) is 0 Å². The first kappa shape index (κ1) is 22.5. The fraction of sp³-hybridized carbons (Fsp3) is 0.364. The van der Waals surface area contributed by atoms with Gasteiger partial charge in [0.2, 0.25) is 10.0 Å². The van der Waals surface area contributed by atoms with E-state index < -0.39 is 16.0 Å². The van der Waals surface area contributed by atoms with Gasteiger partial charge >= 0.3 is 5.97 Å². The van der Waals surface area contributed by atoms with Crippen LogP contribution in [0.25, 0.3) is 10.2 Å². The maximum Gasteiger partial charge on any atom is 0.338 e. The van der Waals surface area contributed by atoms with Crippen molar-refractivity contribution in [3.05, 3.63) is 48.0 Å². The largest absolute Gasteiger partial charge is 0.494 e. The summed E-state index contributed by atoms with van der Waals surface area (Å²) in [4.78, 5) is 19.4. The van der Waals surface area contributed by atoms with Crippen molar-refractivity contribution in [3.63, 3.8) is 0 Å². The lowest BCUT2D eigenvalue weighted by atomic mass is 10.2. The molecular formula is C22H25N3O5S2. The van der Waals surface area contributed by atoms with Crippen LogP contribution >= 0.6 is 11.3 Å². The lowest BCUT2D eigenvalue weighted by Gasteiger charge is -2.38. The zero-order valence-corrected chi connectivity index (χ0v) is 19.8. The molecule has 2 aromatic carbocycles. The third kappa shape index (κ3) is 4.17. The normalized spacial score (nSPS) is 14.6. The molecule has 4 rings (SSSR count). The van der Waals surface area contributed by atoms with Gasteiger partial charge < -0.3 is 14.4 Å². The summed E-state index contributed by atoms with van der Waals surface area (Å²) in [5.41, 5.74) is 1.15. The van der Waals surface area contributed by atoms with Gasteiger partial charge in [-0.05, 0) is 36.4 Å². The number of anilines is 1. The van der Waals surface area contributed by atoms with Crippen molar-refractivity contribution in [1.82, 2.24) is 9.29 Å². The maximum atomic E-state index is 12.6. The van der Waals surface area contributed by atoms with Gasteiger partial charge in [-0.3, -0.25) is 0 Å². The Hall–Kier alpha value is -2.69. The number of ether oxygens (including phenoxy) is 2. The van der Waals surface area contributed by atoms with E-state index in [9.17, 15) is 13.2 Å². The topological polar surface area (TPSA) is 89.0 Å². The Morgan fingerprint density at radius 3 is 2.47 bits per heavy atom. The van der Waals surface area contributed by atoms with Gasteiger partial charge in [0.15, 0.2) is 5.13 Å². The number of rotatable bonds is 8. The van der Waals surface area contributed by atoms with Crippen LogP contribution < -0.4 is 9.64 Å². The number of hydrogen-bond donors (Lipinski definition) is 0. The Morgan fingerprint density at radius 2 is 1.84 bits per heavy atom. The Balaban J connectivity index is 1.37. The molecule has 10 heteroatoms. The van der Waals surface area contributed by atoms with Crippen molar-refractivity contribution >= 4 is 42.7 Å². The van der Waals surface area contributed by atoms with Gasteiger partial charge in [-0.1, -0.05) is 31.3 Å². The molecule has 1 aromatic heterocycles. The fourth-order valence-corrected chi connectivity index (χ4v) is 6.03. The summed E-state index contributed by atoms with van der Waals surface area (Å²) < 4.78 is 38.5. The molecule has 0 radical (unpaired) electrons. The summed E-state index contributed by atoms with van der Waals surface area (Å²) in [6, 6.07) is 11.7. The minimum absolute atomic E-state index is 0.166. The highest BCUT2D eigenvalue weighted by Gasteiger charge is 2.33. The molecule has 1 aliphatic rings. The number of benzene rings is 2. The van der Waals surface area contributed by atoms with E-state index in [0.717, 1.165) is 21.1 Å². The number of fused-ring (bicyclic) bond motifs is 1. The predicted octanol–water partition coefficient (Wildman–Crippen LogP) is 3.38. The van der Waals surface area contributed by atoms with Crippen molar-refractivity contribution in [3.8, 4) is 5.75 Å². The first-order chi connectivity index (χ1) is 15.4. The summed E-state index contributed by atoms with van der Waals surface area (Å²) in [5, 5.41) is 0.864. The lowest BCUT2D eigenvalue weighted by molar-refractivity contribution is 0.0234. The standard InChI is InChI=1S/C22H25N3O5S2/c1-4-25(5-2)32(27,28)17-11-9-15(10-12-17)21(26)30-16-13-24(14-16)22-23-20-18(29-3)7-6-8-19(20)31-22/h6-12,16H,4-5,13-14H2,1-3H3. The molecule has 0 amide bonds. The van der Waals surface area contributed by atoms with Crippen LogP contribution in [0.2, 0.25) is 0 Å². The first-order valence-electron chi connectivity index (χ1n) is 10.4. The summed E-state index contributed by atoms with van der Waals surface area (Å²) >= 11 is 1.57. The summed E-state index contributed by atoms with van der Waals surface area (Å²) in [7, 11) is -1.93. The van der Waals surface area contributed by atoms with E-state index in [1.807, 2.05) is 18.2 Å². The van der Waals surface area contributed by atoms with Crippen molar-refractivity contribution in [2.24, 2.45) is 0 Å². The Bertz CT molecular complexity index is 1210. The maximum absolute atomic E-state index is 12.6. The molecule has 0 aliphatic carbocycles. The smallest absolute Gasteiger partial charge is 0.338 e. The molecule has 32 heavy (non-hydrogen) atoms. The Labute approximate surface area is 191 Å². The van der Waals surface area contributed by atoms with Crippen LogP contribution in [-0.2, 0) is 14.8 Å². The monoisotopic (exact) mass is 475 g/mol. The van der Waals surface area contributed by atoms with Crippen LogP contribution in [0.1, 0.15) is 24.2 Å². The quantitative estimate of drug-likeness (QED) is 0.462. The molecule has 0 unspecified atom stereocenters. The van der Waals surface area contributed by atoms with Gasteiger partial charge in [0.05, 0.1) is 35.4 Å². The van der Waals surface area contributed by atoms with Gasteiger partial charge in [-0.2, -0.15) is 4.31 Å². The molecule has 1 fully saturated rings. The van der Waals surface area contributed by atoms with Gasteiger partial charge in [0.1, 0.15) is 17.4 Å². The average Bonchev–Trinajstić information content (AvgIpc) is 3.20. The van der Waals surface area contributed by atoms with Crippen LogP contribution in [0.4, 0.5) is 5.13 Å². The second-order valence-corrected chi connectivity index (χ2v) is 10.3. The molecule has 0 saturated carbocycles. The average molecular weight is 476 g/mol. The number of methoxy groups -OCH3 is 1. The molecule has 0 N–H and O–H groups in total. The summed E-state index contributed by atoms with van der Waals surface area (Å²) in [6.07, 6.45) is -0.240. The number of carbonyl (C=O) groups excluding carboxylic acids is 1. The van der Waals surface area contributed by atoms with E-state index in [-0.39, 0.29) is 11.0 Å². The number of nitrogens with zero attached hydrogens (tertiary/aromatic N) is 3. The van der Waals surface area contributed by atoms with E-state index in [1.165, 1.54) is 28.6 Å². The number of para-hydroxylation sites is 1. The molecule has 0 spiro atoms. The highest BCUT2D eigenvalue weighted by molar-refractivity contribution is 7.89. The molecule has 170 valence electrons. The van der Waals surface area contributed by atoms with Gasteiger partial charge in [0.25, 0.3) is 0 Å². The molecule has 2 heterocycles. The van der Waals surface area contributed by atoms with Crippen LogP contribution in [-0.4, -0.2) is 63.1 Å². The zero-order valence-electron chi connectivity index (χ0n) is 18.1. The second kappa shape index (κ2) is 9.05. The number of aromatic nitrogens is 1. The molecule has 1 saturated heterocycles. The number of esters is 1. The van der Waals surface area contributed by atoms with Crippen molar-refractivity contribution in [2.75, 3.05) is 38.2 Å². The minimum Gasteiger partial charge on any atom is -0.494 e. The van der Waals surface area contributed by atoms with E-state index in [1.54, 1.807) is 32.3 Å². The third-order valence-corrected chi connectivity index (χ3v) is 8.56. The molecule has 3 aromatic rings. The first-order valence-corrected chi connectivity index (χ1v) is 12.6. The van der Waals surface area contributed by atoms with Crippen LogP contribution in [0.5, 0.6) is 5.75 Å². The van der Waals surface area contributed by atoms with Crippen molar-refractivity contribution in [2.45, 2.75) is 24.8 Å². The van der Waals surface area contributed by atoms with Crippen molar-refractivity contribution < 1.29 is 22.7 Å². The molecule has 1 aliphatic heterocycles. The fourth-order valence-electron chi connectivity index (χ4n) is 3.58. The van der Waals surface area contributed by atoms with Crippen LogP contribution in [0, 0.1) is 0 Å². The molecule has 8 nitrogen and oxygen atoms in total. The van der Waals surface area contributed by atoms with Gasteiger partial charge in [-0.25, -0.2) is 18.2 Å². The lowest BCUT2D eigenvalue weighted by Crippen LogP contribution is -2.53. The highest BCUT2D eigenvalue weighted by Crippen LogP contribution is 2.36. The van der Waals surface area contributed by atoms with Crippen LogP contribution in [0.15, 0.2) is 47.4 Å². The SMILES string of the molecule is CCN(CC)S(=O)(=O)c1ccc(C(=O)OC2CN(c3nc4c(OC)cccc4s3)C2)cc1. The number of carbonyl (C=O) groups is 1. The summed E-state index contributed by atoms with van der Waals surface area (Å²) in [5.74, 6) is 0.271. The number of sulfonamides is 1. The molecular weight excluding hydrogens is 450 g/mol. The highest BCUT2D eigenvalue weighted by atomic mass is 32.2. The van der Waals surface area contributed by atoms with E-state index in [4.69, 9.17) is 9.47 Å². The summed E-state index contributed by atoms with van der Waals surface area (Å²) in [6.45, 7) is 5.48. The van der Waals surface area contributed by atoms with E-state index in [2.05, 4.69) is 9.88 Å². The zero-order chi connectivity index (χ0) is 22.9. The second-order valence-electron chi connectivity index (χ2n) is 7.35. The van der Waals surface area contributed by atoms with E-state index >= 15 is 0 Å². The third-order valence-electron chi connectivity index (χ3n) is 5.42.